The third-order valence-electron chi connectivity index (χ3n) is 3.45. The monoisotopic (exact) mass is 339 g/mol. The van der Waals surface area contributed by atoms with E-state index in [0.29, 0.717) is 11.4 Å². The van der Waals surface area contributed by atoms with Crippen LogP contribution in [0.25, 0.3) is 0 Å². The van der Waals surface area contributed by atoms with E-state index in [9.17, 15) is 19.7 Å². The van der Waals surface area contributed by atoms with Crippen molar-refractivity contribution in [3.63, 3.8) is 0 Å². The van der Waals surface area contributed by atoms with Crippen LogP contribution >= 0.6 is 0 Å². The smallest absolute Gasteiger partial charge is 0.265 e. The standard InChI is InChI=1S/C18H17N3O4/c1-3-14(21(24)25)11-7-8-12(2)19-15-16(18(23)17(15)22)20-13-9-5-4-6-10-13/h3-6,8-11,19-20H,1,7H2,2H3/b12-8+,14-11?. The molecule has 0 aliphatic heterocycles. The first kappa shape index (κ1) is 17.9. The molecule has 0 unspecified atom stereocenters. The van der Waals surface area contributed by atoms with E-state index < -0.39 is 15.8 Å². The Labute approximate surface area is 143 Å². The molecule has 2 aromatic rings. The van der Waals surface area contributed by atoms with Gasteiger partial charge in [0.15, 0.2) is 0 Å². The van der Waals surface area contributed by atoms with Crippen LogP contribution in [0.4, 0.5) is 17.1 Å². The number of nitrogens with zero attached hydrogens (tertiary/aromatic N) is 1. The van der Waals surface area contributed by atoms with Gasteiger partial charge in [0.25, 0.3) is 16.6 Å². The largest absolute Gasteiger partial charge is 0.354 e. The van der Waals surface area contributed by atoms with E-state index in [2.05, 4.69) is 17.2 Å². The van der Waals surface area contributed by atoms with Crippen molar-refractivity contribution in [2.45, 2.75) is 13.3 Å². The Balaban J connectivity index is 2.10. The second-order valence-corrected chi connectivity index (χ2v) is 5.24. The molecule has 7 heteroatoms. The average molecular weight is 339 g/mol. The van der Waals surface area contributed by atoms with E-state index in [4.69, 9.17) is 0 Å². The maximum Gasteiger partial charge on any atom is 0.265 e. The van der Waals surface area contributed by atoms with Crippen LogP contribution in [-0.4, -0.2) is 4.92 Å². The summed E-state index contributed by atoms with van der Waals surface area (Å²) in [5, 5.41) is 16.5. The lowest BCUT2D eigenvalue weighted by Gasteiger charge is -2.15. The van der Waals surface area contributed by atoms with E-state index in [1.807, 2.05) is 18.2 Å². The molecule has 2 rings (SSSR count). The quantitative estimate of drug-likeness (QED) is 0.332. The van der Waals surface area contributed by atoms with Gasteiger partial charge in [-0.25, -0.2) is 0 Å². The Morgan fingerprint density at radius 1 is 1.16 bits per heavy atom. The lowest BCUT2D eigenvalue weighted by molar-refractivity contribution is -0.419. The van der Waals surface area contributed by atoms with Gasteiger partial charge in [0.2, 0.25) is 0 Å². The first-order valence-corrected chi connectivity index (χ1v) is 7.50. The molecule has 0 aliphatic rings. The lowest BCUT2D eigenvalue weighted by Crippen LogP contribution is -2.36. The fourth-order valence-electron chi connectivity index (χ4n) is 2.13. The Hall–Kier alpha value is -3.48. The zero-order chi connectivity index (χ0) is 18.4. The van der Waals surface area contributed by atoms with Crippen molar-refractivity contribution in [3.8, 4) is 0 Å². The number of hydrogen-bond acceptors (Lipinski definition) is 6. The van der Waals surface area contributed by atoms with Gasteiger partial charge in [-0.1, -0.05) is 30.9 Å². The average Bonchev–Trinajstić information content (AvgIpc) is 2.61. The van der Waals surface area contributed by atoms with E-state index >= 15 is 0 Å². The van der Waals surface area contributed by atoms with Crippen LogP contribution < -0.4 is 21.5 Å². The molecule has 0 saturated heterocycles. The van der Waals surface area contributed by atoms with Crippen molar-refractivity contribution in [2.24, 2.45) is 0 Å². The zero-order valence-electron chi connectivity index (χ0n) is 13.6. The summed E-state index contributed by atoms with van der Waals surface area (Å²) < 4.78 is 0. The molecule has 0 heterocycles. The molecule has 2 aromatic carbocycles. The highest BCUT2D eigenvalue weighted by atomic mass is 16.6. The summed E-state index contributed by atoms with van der Waals surface area (Å²) in [6.07, 6.45) is 4.53. The molecule has 0 aliphatic carbocycles. The highest BCUT2D eigenvalue weighted by molar-refractivity contribution is 5.79. The molecule has 7 nitrogen and oxygen atoms in total. The number of nitro groups is 1. The maximum atomic E-state index is 11.8. The van der Waals surface area contributed by atoms with Crippen LogP contribution in [0.5, 0.6) is 0 Å². The third kappa shape index (κ3) is 4.29. The number of allylic oxidation sites excluding steroid dienone is 4. The molecular weight excluding hydrogens is 322 g/mol. The van der Waals surface area contributed by atoms with E-state index in [0.717, 1.165) is 6.08 Å². The second kappa shape index (κ2) is 7.87. The summed E-state index contributed by atoms with van der Waals surface area (Å²) in [7, 11) is 0. The number of benzene rings is 1. The SMILES string of the molecule is C=CC(=CC/C=C(\C)Nc1c(Nc2ccccc2)c(=O)c1=O)[N+](=O)[O-]. The molecule has 25 heavy (non-hydrogen) atoms. The molecule has 0 aromatic heterocycles. The van der Waals surface area contributed by atoms with E-state index in [1.165, 1.54) is 6.08 Å². The van der Waals surface area contributed by atoms with Crippen LogP contribution in [0.1, 0.15) is 13.3 Å². The van der Waals surface area contributed by atoms with Crippen molar-refractivity contribution in [2.75, 3.05) is 10.6 Å². The zero-order valence-corrected chi connectivity index (χ0v) is 13.6. The minimum Gasteiger partial charge on any atom is -0.354 e. The van der Waals surface area contributed by atoms with Gasteiger partial charge < -0.3 is 10.6 Å². The first-order valence-electron chi connectivity index (χ1n) is 7.50. The summed E-state index contributed by atoms with van der Waals surface area (Å²) in [5.41, 5.74) is 0.418. The maximum absolute atomic E-state index is 11.8. The Morgan fingerprint density at radius 3 is 2.40 bits per heavy atom. The van der Waals surface area contributed by atoms with Gasteiger partial charge >= 0.3 is 0 Å². The van der Waals surface area contributed by atoms with Crippen LogP contribution in [0.2, 0.25) is 0 Å². The molecule has 0 saturated carbocycles. The summed E-state index contributed by atoms with van der Waals surface area (Å²) in [6, 6.07) is 9.02. The minimum absolute atomic E-state index is 0.0930. The number of hydrogen-bond donors (Lipinski definition) is 2. The summed E-state index contributed by atoms with van der Waals surface area (Å²) in [4.78, 5) is 33.7. The van der Waals surface area contributed by atoms with Crippen LogP contribution in [0.15, 0.2) is 76.1 Å². The van der Waals surface area contributed by atoms with Crippen molar-refractivity contribution >= 4 is 17.1 Å². The van der Waals surface area contributed by atoms with E-state index in [-0.39, 0.29) is 23.5 Å². The third-order valence-corrected chi connectivity index (χ3v) is 3.45. The summed E-state index contributed by atoms with van der Waals surface area (Å²) >= 11 is 0. The Morgan fingerprint density at radius 2 is 1.80 bits per heavy atom. The van der Waals surface area contributed by atoms with Gasteiger partial charge in [-0.05, 0) is 31.6 Å². The summed E-state index contributed by atoms with van der Waals surface area (Å²) in [5.74, 6) is 0. The number of para-hydroxylation sites is 1. The van der Waals surface area contributed by atoms with Gasteiger partial charge in [0.1, 0.15) is 11.4 Å². The van der Waals surface area contributed by atoms with Gasteiger partial charge in [0.05, 0.1) is 4.92 Å². The highest BCUT2D eigenvalue weighted by Crippen LogP contribution is 2.21. The van der Waals surface area contributed by atoms with Crippen LogP contribution in [-0.2, 0) is 0 Å². The van der Waals surface area contributed by atoms with Gasteiger partial charge in [0, 0.05) is 17.5 Å². The summed E-state index contributed by atoms with van der Waals surface area (Å²) in [6.45, 7) is 5.08. The van der Waals surface area contributed by atoms with Gasteiger partial charge in [-0.3, -0.25) is 19.7 Å². The molecule has 2 N–H and O–H groups in total. The molecule has 0 spiro atoms. The molecule has 0 fully saturated rings. The number of anilines is 3. The van der Waals surface area contributed by atoms with Crippen LogP contribution in [0.3, 0.4) is 0 Å². The number of nitrogens with one attached hydrogen (secondary N) is 2. The topological polar surface area (TPSA) is 101 Å². The second-order valence-electron chi connectivity index (χ2n) is 5.24. The highest BCUT2D eigenvalue weighted by Gasteiger charge is 2.20. The predicted octanol–water partition coefficient (Wildman–Crippen LogP) is 3.08. The predicted molar refractivity (Wildman–Crippen MR) is 98.3 cm³/mol. The van der Waals surface area contributed by atoms with Gasteiger partial charge in [-0.15, -0.1) is 0 Å². The number of rotatable bonds is 8. The Kier molecular flexibility index (Phi) is 5.62. The molecular formula is C18H17N3O4. The fourth-order valence-corrected chi connectivity index (χ4v) is 2.13. The molecule has 0 amide bonds. The van der Waals surface area contributed by atoms with Crippen molar-refractivity contribution in [1.29, 1.82) is 0 Å². The Bertz CT molecular complexity index is 920. The van der Waals surface area contributed by atoms with Crippen molar-refractivity contribution in [1.82, 2.24) is 0 Å². The fraction of sp³-hybridized carbons (Fsp3) is 0.111. The van der Waals surface area contributed by atoms with Crippen molar-refractivity contribution in [3.05, 3.63) is 97.1 Å². The lowest BCUT2D eigenvalue weighted by atomic mass is 10.1. The van der Waals surface area contributed by atoms with E-state index in [1.54, 1.807) is 25.1 Å². The normalized spacial score (nSPS) is 12.0. The molecule has 0 atom stereocenters. The molecule has 0 bridgehead atoms. The first-order chi connectivity index (χ1) is 11.9. The molecule has 128 valence electrons. The minimum atomic E-state index is -0.598. The molecule has 0 radical (unpaired) electrons. The van der Waals surface area contributed by atoms with Gasteiger partial charge in [-0.2, -0.15) is 0 Å². The van der Waals surface area contributed by atoms with Crippen LogP contribution in [0, 0.1) is 10.1 Å². The van der Waals surface area contributed by atoms with Crippen molar-refractivity contribution < 1.29 is 4.92 Å².